The van der Waals surface area contributed by atoms with Gasteiger partial charge in [0.15, 0.2) is 0 Å². The fraction of sp³-hybridized carbons (Fsp3) is 0.292. The number of aliphatic hydroxyl groups excluding tert-OH is 4. The van der Waals surface area contributed by atoms with Crippen LogP contribution in [-0.2, 0) is 19.1 Å². The molecule has 2 aromatic carbocycles. The molecule has 13 nitrogen and oxygen atoms in total. The van der Waals surface area contributed by atoms with E-state index in [2.05, 4.69) is 0 Å². The molecule has 6 N–H and O–H groups in total. The number of phenols is 2. The van der Waals surface area contributed by atoms with Gasteiger partial charge in [0.2, 0.25) is 11.7 Å². The van der Waals surface area contributed by atoms with Gasteiger partial charge in [0.05, 0.1) is 12.2 Å². The maximum absolute atomic E-state index is 12.9. The Morgan fingerprint density at radius 3 is 2.32 bits per heavy atom. The number of aliphatic hydroxyl groups is 4. The summed E-state index contributed by atoms with van der Waals surface area (Å²) in [6, 6.07) is 7.86. The van der Waals surface area contributed by atoms with E-state index in [1.54, 1.807) is 0 Å². The van der Waals surface area contributed by atoms with Crippen molar-refractivity contribution in [2.75, 3.05) is 6.61 Å². The first-order valence-electron chi connectivity index (χ1n) is 10.9. The van der Waals surface area contributed by atoms with Gasteiger partial charge in [0.25, 0.3) is 0 Å². The van der Waals surface area contributed by atoms with Crippen molar-refractivity contribution < 1.29 is 58.9 Å². The van der Waals surface area contributed by atoms with Crippen LogP contribution in [0.2, 0.25) is 0 Å². The van der Waals surface area contributed by atoms with Crippen LogP contribution in [0.1, 0.15) is 6.42 Å². The number of fused-ring (bicyclic) bond motifs is 1. The monoisotopic (exact) mass is 518 g/mol. The van der Waals surface area contributed by atoms with E-state index < -0.39 is 66.9 Å². The number of aromatic hydroxyl groups is 2. The van der Waals surface area contributed by atoms with E-state index in [-0.39, 0.29) is 28.0 Å². The molecule has 0 spiro atoms. The molecule has 4 rings (SSSR count). The Hall–Kier alpha value is -4.01. The van der Waals surface area contributed by atoms with Gasteiger partial charge in [0.1, 0.15) is 65.3 Å². The quantitative estimate of drug-likeness (QED) is 0.138. The molecule has 1 aromatic heterocycles. The van der Waals surface area contributed by atoms with E-state index in [0.29, 0.717) is 5.56 Å². The number of esters is 2. The largest absolute Gasteiger partial charge is 0.508 e. The zero-order chi connectivity index (χ0) is 26.9. The molecule has 0 bridgehead atoms. The van der Waals surface area contributed by atoms with E-state index in [4.69, 9.17) is 18.6 Å². The standard InChI is InChI=1S/C24H22O13/c25-8-16-21(31)22(32)23(33)24(36-16)37-18(29)7-17(28)35-12-5-14(27)19-15(6-12)34-9-13(20(19)30)10-1-3-11(26)4-2-10/h1-6,9,16,21-27,31-33H,7-8H2/t16-,21-,22+,23-,24-/m1/s1. The normalized spacial score (nSPS) is 23.5. The van der Waals surface area contributed by atoms with E-state index in [9.17, 15) is 45.0 Å². The Morgan fingerprint density at radius 2 is 1.65 bits per heavy atom. The third-order valence-electron chi connectivity index (χ3n) is 5.63. The number of ether oxygens (including phenoxy) is 3. The Kier molecular flexibility index (Phi) is 7.42. The van der Waals surface area contributed by atoms with Crippen LogP contribution in [0.15, 0.2) is 51.9 Å². The zero-order valence-electron chi connectivity index (χ0n) is 18.9. The molecule has 13 heteroatoms. The lowest BCUT2D eigenvalue weighted by molar-refractivity contribution is -0.292. The minimum Gasteiger partial charge on any atom is -0.508 e. The summed E-state index contributed by atoms with van der Waals surface area (Å²) in [5.74, 6) is -3.17. The number of hydrogen-bond donors (Lipinski definition) is 6. The van der Waals surface area contributed by atoms with Crippen molar-refractivity contribution >= 4 is 22.9 Å². The molecule has 0 saturated carbocycles. The minimum absolute atomic E-state index is 0.000281. The lowest BCUT2D eigenvalue weighted by Gasteiger charge is -2.39. The fourth-order valence-electron chi connectivity index (χ4n) is 3.73. The van der Waals surface area contributed by atoms with Crippen molar-refractivity contribution in [2.45, 2.75) is 37.1 Å². The van der Waals surface area contributed by atoms with Crippen LogP contribution in [-0.4, -0.2) is 79.9 Å². The molecule has 1 aliphatic heterocycles. The molecule has 2 heterocycles. The van der Waals surface area contributed by atoms with Gasteiger partial charge >= 0.3 is 11.9 Å². The van der Waals surface area contributed by atoms with Crippen molar-refractivity contribution in [1.82, 2.24) is 0 Å². The van der Waals surface area contributed by atoms with E-state index in [1.807, 2.05) is 0 Å². The lowest BCUT2D eigenvalue weighted by Crippen LogP contribution is -2.59. The summed E-state index contributed by atoms with van der Waals surface area (Å²) in [6.07, 6.45) is -8.19. The summed E-state index contributed by atoms with van der Waals surface area (Å²) >= 11 is 0. The van der Waals surface area contributed by atoms with Gasteiger partial charge in [0, 0.05) is 12.1 Å². The van der Waals surface area contributed by atoms with Crippen LogP contribution in [0.4, 0.5) is 0 Å². The third-order valence-corrected chi connectivity index (χ3v) is 5.63. The Morgan fingerprint density at radius 1 is 0.946 bits per heavy atom. The molecule has 0 radical (unpaired) electrons. The zero-order valence-corrected chi connectivity index (χ0v) is 18.9. The van der Waals surface area contributed by atoms with Crippen molar-refractivity contribution in [1.29, 1.82) is 0 Å². The highest BCUT2D eigenvalue weighted by molar-refractivity contribution is 5.93. The highest BCUT2D eigenvalue weighted by Gasteiger charge is 2.45. The summed E-state index contributed by atoms with van der Waals surface area (Å²) in [5.41, 5.74) is -0.144. The highest BCUT2D eigenvalue weighted by Crippen LogP contribution is 2.31. The van der Waals surface area contributed by atoms with Crippen LogP contribution >= 0.6 is 0 Å². The van der Waals surface area contributed by atoms with Gasteiger partial charge in [-0.3, -0.25) is 14.4 Å². The van der Waals surface area contributed by atoms with Gasteiger partial charge in [-0.1, -0.05) is 12.1 Å². The summed E-state index contributed by atoms with van der Waals surface area (Å²) in [5, 5.41) is 58.2. The smallest absolute Gasteiger partial charge is 0.322 e. The van der Waals surface area contributed by atoms with Crippen LogP contribution in [0, 0.1) is 0 Å². The molecular weight excluding hydrogens is 496 g/mol. The minimum atomic E-state index is -1.84. The maximum atomic E-state index is 12.9. The Balaban J connectivity index is 1.45. The molecular formula is C24H22O13. The molecule has 196 valence electrons. The van der Waals surface area contributed by atoms with Crippen LogP contribution in [0.5, 0.6) is 17.2 Å². The molecule has 37 heavy (non-hydrogen) atoms. The van der Waals surface area contributed by atoms with Crippen LogP contribution in [0.3, 0.4) is 0 Å². The number of rotatable bonds is 6. The second kappa shape index (κ2) is 10.5. The molecule has 1 aliphatic rings. The van der Waals surface area contributed by atoms with E-state index >= 15 is 0 Å². The molecule has 0 aliphatic carbocycles. The summed E-state index contributed by atoms with van der Waals surface area (Å²) < 4.78 is 20.3. The van der Waals surface area contributed by atoms with Gasteiger partial charge in [-0.2, -0.15) is 0 Å². The molecule has 3 aromatic rings. The van der Waals surface area contributed by atoms with Crippen molar-refractivity contribution in [3.63, 3.8) is 0 Å². The fourth-order valence-corrected chi connectivity index (χ4v) is 3.73. The number of phenolic OH excluding ortho intramolecular Hbond substituents is 2. The van der Waals surface area contributed by atoms with Crippen molar-refractivity contribution in [2.24, 2.45) is 0 Å². The second-order valence-electron chi connectivity index (χ2n) is 8.18. The summed E-state index contributed by atoms with van der Waals surface area (Å²) in [7, 11) is 0. The molecule has 1 fully saturated rings. The topological polar surface area (TPSA) is 213 Å². The number of hydrogen-bond acceptors (Lipinski definition) is 13. The first-order chi connectivity index (χ1) is 17.6. The van der Waals surface area contributed by atoms with E-state index in [1.165, 1.54) is 24.3 Å². The second-order valence-corrected chi connectivity index (χ2v) is 8.18. The SMILES string of the molecule is O=C(CC(=O)O[C@H]1O[C@H](CO)[C@@H](O)[C@H](O)[C@H]1O)Oc1cc(O)c2c(=O)c(-c3ccc(O)cc3)coc2c1. The molecule has 0 unspecified atom stereocenters. The number of benzene rings is 2. The van der Waals surface area contributed by atoms with Gasteiger partial charge in [-0.05, 0) is 17.7 Å². The first-order valence-corrected chi connectivity index (χ1v) is 10.9. The molecule has 1 saturated heterocycles. The summed E-state index contributed by atoms with van der Waals surface area (Å²) in [6.45, 7) is -0.737. The average molecular weight is 518 g/mol. The van der Waals surface area contributed by atoms with Crippen LogP contribution < -0.4 is 10.2 Å². The third kappa shape index (κ3) is 5.40. The number of carbonyl (C=O) groups is 2. The van der Waals surface area contributed by atoms with Crippen molar-refractivity contribution in [3.8, 4) is 28.4 Å². The summed E-state index contributed by atoms with van der Waals surface area (Å²) in [4.78, 5) is 37.2. The number of carbonyl (C=O) groups excluding carboxylic acids is 2. The maximum Gasteiger partial charge on any atom is 0.322 e. The lowest BCUT2D eigenvalue weighted by atomic mass is 9.99. The van der Waals surface area contributed by atoms with Gasteiger partial charge in [-0.15, -0.1) is 0 Å². The van der Waals surface area contributed by atoms with Crippen molar-refractivity contribution in [3.05, 3.63) is 52.9 Å². The van der Waals surface area contributed by atoms with E-state index in [0.717, 1.165) is 18.4 Å². The van der Waals surface area contributed by atoms with Crippen LogP contribution in [0.25, 0.3) is 22.1 Å². The Labute approximate surface area is 207 Å². The predicted octanol–water partition coefficient (Wildman–Crippen LogP) is -0.490. The Bertz CT molecular complexity index is 1360. The highest BCUT2D eigenvalue weighted by atomic mass is 16.7. The first kappa shape index (κ1) is 26.1. The molecule has 5 atom stereocenters. The van der Waals surface area contributed by atoms with Gasteiger partial charge < -0.3 is 49.3 Å². The molecule has 0 amide bonds. The average Bonchev–Trinajstić information content (AvgIpc) is 2.85. The van der Waals surface area contributed by atoms with Gasteiger partial charge in [-0.25, -0.2) is 0 Å². The predicted molar refractivity (Wildman–Crippen MR) is 121 cm³/mol.